The lowest BCUT2D eigenvalue weighted by atomic mass is 9.94. The van der Waals surface area contributed by atoms with Gasteiger partial charge in [-0.05, 0) is 25.5 Å². The Morgan fingerprint density at radius 3 is 2.57 bits per heavy atom. The summed E-state index contributed by atoms with van der Waals surface area (Å²) in [6, 6.07) is 10.4. The van der Waals surface area contributed by atoms with E-state index in [-0.39, 0.29) is 29.5 Å². The van der Waals surface area contributed by atoms with Crippen LogP contribution in [0, 0.1) is 0 Å². The molecule has 2 saturated heterocycles. The van der Waals surface area contributed by atoms with Crippen LogP contribution in [0.5, 0.6) is 0 Å². The predicted octanol–water partition coefficient (Wildman–Crippen LogP) is 1.47. The zero-order valence-corrected chi connectivity index (χ0v) is 14.3. The Balaban J connectivity index is 1.50. The average molecular weight is 336 g/mol. The summed E-state index contributed by atoms with van der Waals surface area (Å²) in [6.45, 7) is 1.44. The van der Waals surface area contributed by atoms with Gasteiger partial charge in [0.05, 0.1) is 17.5 Å². The Labute approximate surface area is 138 Å². The molecule has 0 aliphatic carbocycles. The van der Waals surface area contributed by atoms with Crippen LogP contribution in [0.15, 0.2) is 30.3 Å². The third-order valence-electron chi connectivity index (χ3n) is 5.03. The largest absolute Gasteiger partial charge is 0.335 e. The SMILES string of the molecule is CN(CCC(=O)N1CC[C@H]1c1ccccc1)[C@H]1CCS(=O)(=O)C1. The Kier molecular flexibility index (Phi) is 4.73. The van der Waals surface area contributed by atoms with E-state index in [0.29, 0.717) is 19.4 Å². The van der Waals surface area contributed by atoms with Gasteiger partial charge in [-0.3, -0.25) is 4.79 Å². The minimum Gasteiger partial charge on any atom is -0.335 e. The molecule has 2 heterocycles. The van der Waals surface area contributed by atoms with Crippen molar-refractivity contribution in [1.29, 1.82) is 0 Å². The number of hydrogen-bond donors (Lipinski definition) is 0. The van der Waals surface area contributed by atoms with Crippen molar-refractivity contribution in [2.45, 2.75) is 31.3 Å². The van der Waals surface area contributed by atoms with Gasteiger partial charge < -0.3 is 9.80 Å². The average Bonchev–Trinajstić information content (AvgIpc) is 2.85. The first-order chi connectivity index (χ1) is 11.0. The number of nitrogens with zero attached hydrogens (tertiary/aromatic N) is 2. The highest BCUT2D eigenvalue weighted by Crippen LogP contribution is 2.33. The highest BCUT2D eigenvalue weighted by atomic mass is 32.2. The molecule has 2 aliphatic rings. The van der Waals surface area contributed by atoms with Crippen LogP contribution < -0.4 is 0 Å². The first-order valence-corrected chi connectivity index (χ1v) is 10.0. The summed E-state index contributed by atoms with van der Waals surface area (Å²) < 4.78 is 23.1. The summed E-state index contributed by atoms with van der Waals surface area (Å²) in [5.74, 6) is 0.671. The monoisotopic (exact) mass is 336 g/mol. The van der Waals surface area contributed by atoms with E-state index >= 15 is 0 Å². The second-order valence-electron chi connectivity index (χ2n) is 6.59. The molecule has 0 radical (unpaired) electrons. The molecule has 0 saturated carbocycles. The number of carbonyl (C=O) groups is 1. The Bertz CT molecular complexity index is 660. The van der Waals surface area contributed by atoms with Crippen molar-refractivity contribution < 1.29 is 13.2 Å². The lowest BCUT2D eigenvalue weighted by molar-refractivity contribution is -0.139. The molecule has 0 aromatic heterocycles. The van der Waals surface area contributed by atoms with Gasteiger partial charge in [0, 0.05) is 25.6 Å². The van der Waals surface area contributed by atoms with Crippen molar-refractivity contribution in [1.82, 2.24) is 9.80 Å². The van der Waals surface area contributed by atoms with Gasteiger partial charge in [-0.2, -0.15) is 0 Å². The third-order valence-corrected chi connectivity index (χ3v) is 6.78. The van der Waals surface area contributed by atoms with Crippen LogP contribution in [0.3, 0.4) is 0 Å². The number of rotatable bonds is 5. The van der Waals surface area contributed by atoms with Crippen molar-refractivity contribution in [2.24, 2.45) is 0 Å². The van der Waals surface area contributed by atoms with Crippen LogP contribution >= 0.6 is 0 Å². The number of carbonyl (C=O) groups excluding carboxylic acids is 1. The van der Waals surface area contributed by atoms with Gasteiger partial charge in [-0.25, -0.2) is 8.42 Å². The molecule has 0 unspecified atom stereocenters. The predicted molar refractivity (Wildman–Crippen MR) is 89.8 cm³/mol. The standard InChI is InChI=1S/C17H24N2O3S/c1-18(15-9-12-23(21,22)13-15)10-8-17(20)19-11-7-16(19)14-5-3-2-4-6-14/h2-6,15-16H,7-13H2,1H3/t15-,16-/m0/s1. The van der Waals surface area contributed by atoms with Gasteiger partial charge in [0.1, 0.15) is 0 Å². The zero-order chi connectivity index (χ0) is 16.4. The summed E-state index contributed by atoms with van der Waals surface area (Å²) in [6.07, 6.45) is 2.16. The smallest absolute Gasteiger partial charge is 0.224 e. The lowest BCUT2D eigenvalue weighted by Crippen LogP contribution is -2.46. The maximum absolute atomic E-state index is 12.4. The molecule has 6 heteroatoms. The minimum atomic E-state index is -2.87. The zero-order valence-electron chi connectivity index (χ0n) is 13.5. The lowest BCUT2D eigenvalue weighted by Gasteiger charge is -2.41. The quantitative estimate of drug-likeness (QED) is 0.817. The van der Waals surface area contributed by atoms with Crippen LogP contribution in [-0.2, 0) is 14.6 Å². The van der Waals surface area contributed by atoms with Crippen molar-refractivity contribution in [2.75, 3.05) is 31.6 Å². The van der Waals surface area contributed by atoms with E-state index in [2.05, 4.69) is 12.1 Å². The highest BCUT2D eigenvalue weighted by Gasteiger charge is 2.34. The summed E-state index contributed by atoms with van der Waals surface area (Å²) in [7, 11) is -0.950. The Hall–Kier alpha value is -1.40. The van der Waals surface area contributed by atoms with Crippen LogP contribution in [-0.4, -0.2) is 61.8 Å². The molecule has 0 bridgehead atoms. The van der Waals surface area contributed by atoms with Gasteiger partial charge in [0.2, 0.25) is 5.91 Å². The number of sulfone groups is 1. The van der Waals surface area contributed by atoms with Gasteiger partial charge in [0.25, 0.3) is 0 Å². The van der Waals surface area contributed by atoms with Gasteiger partial charge in [0.15, 0.2) is 9.84 Å². The molecule has 2 aliphatic heterocycles. The van der Waals surface area contributed by atoms with E-state index in [4.69, 9.17) is 0 Å². The molecule has 2 fully saturated rings. The van der Waals surface area contributed by atoms with E-state index in [1.54, 1.807) is 0 Å². The van der Waals surface area contributed by atoms with Crippen LogP contribution in [0.25, 0.3) is 0 Å². The van der Waals surface area contributed by atoms with E-state index in [0.717, 1.165) is 13.0 Å². The van der Waals surface area contributed by atoms with Crippen molar-refractivity contribution in [3.63, 3.8) is 0 Å². The second-order valence-corrected chi connectivity index (χ2v) is 8.82. The van der Waals surface area contributed by atoms with E-state index < -0.39 is 9.84 Å². The van der Waals surface area contributed by atoms with Crippen molar-refractivity contribution in [3.05, 3.63) is 35.9 Å². The second kappa shape index (κ2) is 6.61. The molecule has 1 aromatic rings. The maximum Gasteiger partial charge on any atom is 0.224 e. The molecule has 1 aromatic carbocycles. The van der Waals surface area contributed by atoms with E-state index in [9.17, 15) is 13.2 Å². The molecule has 0 N–H and O–H groups in total. The molecule has 5 nitrogen and oxygen atoms in total. The molecule has 1 amide bonds. The number of benzene rings is 1. The highest BCUT2D eigenvalue weighted by molar-refractivity contribution is 7.91. The van der Waals surface area contributed by atoms with Crippen molar-refractivity contribution in [3.8, 4) is 0 Å². The minimum absolute atomic E-state index is 0.0640. The number of hydrogen-bond acceptors (Lipinski definition) is 4. The summed E-state index contributed by atoms with van der Waals surface area (Å²) >= 11 is 0. The molecule has 0 spiro atoms. The Morgan fingerprint density at radius 2 is 2.00 bits per heavy atom. The molecule has 3 rings (SSSR count). The maximum atomic E-state index is 12.4. The van der Waals surface area contributed by atoms with E-state index in [1.807, 2.05) is 35.0 Å². The first-order valence-electron chi connectivity index (χ1n) is 8.21. The summed E-state index contributed by atoms with van der Waals surface area (Å²) in [5, 5.41) is 0. The normalized spacial score (nSPS) is 26.3. The van der Waals surface area contributed by atoms with Gasteiger partial charge >= 0.3 is 0 Å². The number of amides is 1. The molecule has 23 heavy (non-hydrogen) atoms. The molecular weight excluding hydrogens is 312 g/mol. The third kappa shape index (κ3) is 3.75. The Morgan fingerprint density at radius 1 is 1.26 bits per heavy atom. The van der Waals surface area contributed by atoms with Gasteiger partial charge in [-0.1, -0.05) is 30.3 Å². The topological polar surface area (TPSA) is 57.7 Å². The fraction of sp³-hybridized carbons (Fsp3) is 0.588. The van der Waals surface area contributed by atoms with Crippen LogP contribution in [0.1, 0.15) is 30.9 Å². The molecule has 126 valence electrons. The first kappa shape index (κ1) is 16.5. The van der Waals surface area contributed by atoms with Crippen LogP contribution in [0.4, 0.5) is 0 Å². The summed E-state index contributed by atoms with van der Waals surface area (Å²) in [5.41, 5.74) is 1.20. The van der Waals surface area contributed by atoms with E-state index in [1.165, 1.54) is 5.56 Å². The van der Waals surface area contributed by atoms with Gasteiger partial charge in [-0.15, -0.1) is 0 Å². The fourth-order valence-corrected chi connectivity index (χ4v) is 5.23. The van der Waals surface area contributed by atoms with Crippen LogP contribution in [0.2, 0.25) is 0 Å². The molecule has 2 atom stereocenters. The number of likely N-dealkylation sites (tertiary alicyclic amines) is 1. The summed E-state index contributed by atoms with van der Waals surface area (Å²) in [4.78, 5) is 16.4. The molecular formula is C17H24N2O3S. The fourth-order valence-electron chi connectivity index (χ4n) is 3.43. The van der Waals surface area contributed by atoms with Crippen molar-refractivity contribution >= 4 is 15.7 Å².